The van der Waals surface area contributed by atoms with E-state index in [1.54, 1.807) is 7.11 Å². The van der Waals surface area contributed by atoms with Gasteiger partial charge in [0.25, 0.3) is 0 Å². The lowest BCUT2D eigenvalue weighted by molar-refractivity contribution is 0.199. The molecule has 1 aromatic rings. The number of hydrogen-bond donors (Lipinski definition) is 1. The van der Waals surface area contributed by atoms with Gasteiger partial charge in [-0.15, -0.1) is 11.8 Å². The van der Waals surface area contributed by atoms with E-state index in [9.17, 15) is 0 Å². The molecule has 0 atom stereocenters. The number of nitrogens with one attached hydrogen (secondary N) is 1. The van der Waals surface area contributed by atoms with Gasteiger partial charge in [0, 0.05) is 29.6 Å². The SMILES string of the molecule is CCCCCSc1ccc(CNCCOC)cc1Br. The third-order valence-electron chi connectivity index (χ3n) is 2.81. The van der Waals surface area contributed by atoms with Crippen molar-refractivity contribution in [1.29, 1.82) is 0 Å². The van der Waals surface area contributed by atoms with Crippen molar-refractivity contribution >= 4 is 27.7 Å². The Balaban J connectivity index is 2.36. The second-order valence-corrected chi connectivity index (χ2v) is 6.48. The second-order valence-electron chi connectivity index (χ2n) is 4.49. The molecular formula is C15H24BrNOS. The third kappa shape index (κ3) is 7.35. The molecule has 0 heterocycles. The highest BCUT2D eigenvalue weighted by Gasteiger charge is 2.02. The summed E-state index contributed by atoms with van der Waals surface area (Å²) in [6, 6.07) is 6.63. The largest absolute Gasteiger partial charge is 0.383 e. The summed E-state index contributed by atoms with van der Waals surface area (Å²) >= 11 is 5.61. The van der Waals surface area contributed by atoms with E-state index < -0.39 is 0 Å². The summed E-state index contributed by atoms with van der Waals surface area (Å²) in [5.74, 6) is 1.21. The predicted molar refractivity (Wildman–Crippen MR) is 88.0 cm³/mol. The Hall–Kier alpha value is -0.0300. The van der Waals surface area contributed by atoms with E-state index in [1.165, 1.54) is 39.9 Å². The van der Waals surface area contributed by atoms with Crippen molar-refractivity contribution in [3.8, 4) is 0 Å². The molecule has 108 valence electrons. The summed E-state index contributed by atoms with van der Waals surface area (Å²) < 4.78 is 6.22. The number of rotatable bonds is 10. The maximum atomic E-state index is 5.01. The highest BCUT2D eigenvalue weighted by Crippen LogP contribution is 2.29. The molecule has 0 bridgehead atoms. The van der Waals surface area contributed by atoms with Gasteiger partial charge in [0.2, 0.25) is 0 Å². The molecule has 0 aliphatic heterocycles. The van der Waals surface area contributed by atoms with Crippen molar-refractivity contribution in [3.05, 3.63) is 28.2 Å². The van der Waals surface area contributed by atoms with Crippen molar-refractivity contribution in [3.63, 3.8) is 0 Å². The number of hydrogen-bond acceptors (Lipinski definition) is 3. The normalized spacial score (nSPS) is 10.9. The molecule has 4 heteroatoms. The van der Waals surface area contributed by atoms with Gasteiger partial charge in [-0.2, -0.15) is 0 Å². The standard InChI is InChI=1S/C15H24BrNOS/c1-3-4-5-10-19-15-7-6-13(11-14(15)16)12-17-8-9-18-2/h6-7,11,17H,3-5,8-10,12H2,1-2H3. The molecule has 0 aliphatic carbocycles. The number of unbranched alkanes of at least 4 members (excludes halogenated alkanes) is 2. The van der Waals surface area contributed by atoms with Crippen molar-refractivity contribution in [1.82, 2.24) is 5.32 Å². The highest BCUT2D eigenvalue weighted by molar-refractivity contribution is 9.10. The second kappa shape index (κ2) is 10.7. The first kappa shape index (κ1) is 17.0. The average Bonchev–Trinajstić information content (AvgIpc) is 2.42. The van der Waals surface area contributed by atoms with Crippen LogP contribution in [-0.2, 0) is 11.3 Å². The fraction of sp³-hybridized carbons (Fsp3) is 0.600. The maximum Gasteiger partial charge on any atom is 0.0587 e. The molecule has 0 unspecified atom stereocenters. The van der Waals surface area contributed by atoms with Gasteiger partial charge in [-0.25, -0.2) is 0 Å². The van der Waals surface area contributed by atoms with Gasteiger partial charge < -0.3 is 10.1 Å². The van der Waals surface area contributed by atoms with Crippen molar-refractivity contribution < 1.29 is 4.74 Å². The van der Waals surface area contributed by atoms with Crippen LogP contribution in [0.4, 0.5) is 0 Å². The van der Waals surface area contributed by atoms with Crippen molar-refractivity contribution in [2.75, 3.05) is 26.0 Å². The fourth-order valence-electron chi connectivity index (χ4n) is 1.71. The molecular weight excluding hydrogens is 322 g/mol. The molecule has 0 saturated carbocycles. The van der Waals surface area contributed by atoms with Crippen LogP contribution in [0.5, 0.6) is 0 Å². The molecule has 0 amide bonds. The Morgan fingerprint density at radius 2 is 2.16 bits per heavy atom. The predicted octanol–water partition coefficient (Wildman–Crippen LogP) is 4.47. The summed E-state index contributed by atoms with van der Waals surface area (Å²) in [6.07, 6.45) is 3.91. The van der Waals surface area contributed by atoms with Crippen LogP contribution in [0.25, 0.3) is 0 Å². The molecule has 0 aliphatic rings. The minimum Gasteiger partial charge on any atom is -0.383 e. The molecule has 1 N–H and O–H groups in total. The summed E-state index contributed by atoms with van der Waals surface area (Å²) in [5, 5.41) is 3.36. The quantitative estimate of drug-likeness (QED) is 0.499. The minimum atomic E-state index is 0.756. The summed E-state index contributed by atoms with van der Waals surface area (Å²) in [6.45, 7) is 4.78. The number of halogens is 1. The van der Waals surface area contributed by atoms with E-state index >= 15 is 0 Å². The lowest BCUT2D eigenvalue weighted by atomic mass is 10.2. The van der Waals surface area contributed by atoms with Gasteiger partial charge in [0.15, 0.2) is 0 Å². The Labute approximate surface area is 129 Å². The van der Waals surface area contributed by atoms with Gasteiger partial charge in [-0.05, 0) is 45.8 Å². The van der Waals surface area contributed by atoms with E-state index in [0.717, 1.165) is 19.7 Å². The number of benzene rings is 1. The summed E-state index contributed by atoms with van der Waals surface area (Å²) in [7, 11) is 1.73. The van der Waals surface area contributed by atoms with E-state index in [-0.39, 0.29) is 0 Å². The van der Waals surface area contributed by atoms with Crippen LogP contribution in [0.1, 0.15) is 31.7 Å². The first-order valence-electron chi connectivity index (χ1n) is 6.88. The van der Waals surface area contributed by atoms with Crippen LogP contribution < -0.4 is 5.32 Å². The molecule has 0 saturated heterocycles. The molecule has 1 rings (SSSR count). The molecule has 1 aromatic carbocycles. The fourth-order valence-corrected chi connectivity index (χ4v) is 3.41. The molecule has 19 heavy (non-hydrogen) atoms. The van der Waals surface area contributed by atoms with Crippen molar-refractivity contribution in [2.45, 2.75) is 37.6 Å². The van der Waals surface area contributed by atoms with Crippen molar-refractivity contribution in [2.24, 2.45) is 0 Å². The van der Waals surface area contributed by atoms with Gasteiger partial charge in [-0.3, -0.25) is 0 Å². The Morgan fingerprint density at radius 1 is 1.32 bits per heavy atom. The molecule has 0 radical (unpaired) electrons. The zero-order valence-electron chi connectivity index (χ0n) is 11.9. The lowest BCUT2D eigenvalue weighted by Gasteiger charge is -2.08. The Kier molecular flexibility index (Phi) is 9.61. The van der Waals surface area contributed by atoms with Crippen LogP contribution in [0.3, 0.4) is 0 Å². The van der Waals surface area contributed by atoms with Gasteiger partial charge in [0.1, 0.15) is 0 Å². The molecule has 0 fully saturated rings. The van der Waals surface area contributed by atoms with E-state index in [2.05, 4.69) is 46.4 Å². The smallest absolute Gasteiger partial charge is 0.0587 e. The first-order chi connectivity index (χ1) is 9.27. The topological polar surface area (TPSA) is 21.3 Å². The van der Waals surface area contributed by atoms with Gasteiger partial charge >= 0.3 is 0 Å². The number of ether oxygens (including phenoxy) is 1. The van der Waals surface area contributed by atoms with Crippen LogP contribution in [0.15, 0.2) is 27.6 Å². The van der Waals surface area contributed by atoms with Gasteiger partial charge in [-0.1, -0.05) is 25.8 Å². The van der Waals surface area contributed by atoms with E-state index in [0.29, 0.717) is 0 Å². The minimum absolute atomic E-state index is 0.756. The lowest BCUT2D eigenvalue weighted by Crippen LogP contribution is -2.18. The summed E-state index contributed by atoms with van der Waals surface area (Å²) in [5.41, 5.74) is 1.31. The van der Waals surface area contributed by atoms with E-state index in [1.807, 2.05) is 11.8 Å². The first-order valence-corrected chi connectivity index (χ1v) is 8.66. The zero-order valence-corrected chi connectivity index (χ0v) is 14.3. The maximum absolute atomic E-state index is 5.01. The Bertz CT molecular complexity index is 360. The van der Waals surface area contributed by atoms with Crippen LogP contribution in [0, 0.1) is 0 Å². The Morgan fingerprint density at radius 3 is 2.84 bits per heavy atom. The van der Waals surface area contributed by atoms with E-state index in [4.69, 9.17) is 4.74 Å². The third-order valence-corrected chi connectivity index (χ3v) is 4.89. The van der Waals surface area contributed by atoms with Crippen LogP contribution in [0.2, 0.25) is 0 Å². The van der Waals surface area contributed by atoms with Gasteiger partial charge in [0.05, 0.1) is 6.61 Å². The summed E-state index contributed by atoms with van der Waals surface area (Å²) in [4.78, 5) is 1.34. The average molecular weight is 346 g/mol. The zero-order chi connectivity index (χ0) is 13.9. The van der Waals surface area contributed by atoms with Crippen LogP contribution in [-0.4, -0.2) is 26.0 Å². The molecule has 0 spiro atoms. The highest BCUT2D eigenvalue weighted by atomic mass is 79.9. The number of methoxy groups -OCH3 is 1. The molecule has 0 aromatic heterocycles. The number of thioether (sulfide) groups is 1. The monoisotopic (exact) mass is 345 g/mol. The molecule has 2 nitrogen and oxygen atoms in total. The van der Waals surface area contributed by atoms with Crippen LogP contribution >= 0.6 is 27.7 Å².